The second kappa shape index (κ2) is 12.6. The second-order valence-corrected chi connectivity index (χ2v) is 13.5. The van der Waals surface area contributed by atoms with E-state index in [2.05, 4.69) is 4.90 Å². The van der Waals surface area contributed by atoms with Gasteiger partial charge in [-0.1, -0.05) is 25.1 Å². The molecule has 45 heavy (non-hydrogen) atoms. The number of hydrogen-bond donors (Lipinski definition) is 1. The summed E-state index contributed by atoms with van der Waals surface area (Å²) in [7, 11) is -3.80. The van der Waals surface area contributed by atoms with Crippen molar-refractivity contribution in [1.29, 1.82) is 0 Å². The molecule has 3 saturated heterocycles. The zero-order valence-electron chi connectivity index (χ0n) is 25.3. The van der Waals surface area contributed by atoms with Gasteiger partial charge >= 0.3 is 0 Å². The average Bonchev–Trinajstić information content (AvgIpc) is 3.44. The van der Waals surface area contributed by atoms with E-state index >= 15 is 0 Å². The van der Waals surface area contributed by atoms with Crippen LogP contribution in [0, 0.1) is 0 Å². The molecule has 13 heteroatoms. The maximum atomic E-state index is 14.6. The molecule has 2 aromatic rings. The molecule has 2 aromatic carbocycles. The number of fused-ring (bicyclic) bond motifs is 2. The topological polar surface area (TPSA) is 137 Å². The lowest BCUT2D eigenvalue weighted by Gasteiger charge is -2.35. The van der Waals surface area contributed by atoms with Crippen LogP contribution < -0.4 is 4.90 Å². The molecule has 4 aliphatic heterocycles. The number of para-hydroxylation sites is 1. The third-order valence-electron chi connectivity index (χ3n) is 8.95. The molecule has 240 valence electrons. The van der Waals surface area contributed by atoms with Crippen molar-refractivity contribution < 1.29 is 37.4 Å². The number of rotatable bonds is 9. The number of sulfonamides is 1. The minimum absolute atomic E-state index is 0.0237. The fourth-order valence-electron chi connectivity index (χ4n) is 6.75. The van der Waals surface area contributed by atoms with E-state index in [-0.39, 0.29) is 35.7 Å². The fourth-order valence-corrected chi connectivity index (χ4v) is 8.16. The van der Waals surface area contributed by atoms with E-state index in [1.54, 1.807) is 29.2 Å². The number of morpholine rings is 2. The standard InChI is InChI=1S/C32H38N4O8S/c1-2-12-35-26-7-4-3-6-25(26)32(31(35)40)27(29(38)30(39)36(32)14-5-13-33-15-19-43-20-16-33)28(37)23-8-10-24(11-9-23)45(41,42)34-17-21-44-22-18-34/h3-4,6-11,37H,2,5,12-22H2,1H3/b28-27+. The van der Waals surface area contributed by atoms with E-state index in [0.717, 1.165) is 13.1 Å². The van der Waals surface area contributed by atoms with Crippen LogP contribution >= 0.6 is 0 Å². The molecule has 0 saturated carbocycles. The molecule has 1 N–H and O–H groups in total. The Morgan fingerprint density at radius 3 is 2.18 bits per heavy atom. The molecule has 3 fully saturated rings. The molecule has 4 aliphatic rings. The molecule has 1 unspecified atom stereocenters. The first-order chi connectivity index (χ1) is 21.7. The predicted octanol–water partition coefficient (Wildman–Crippen LogP) is 1.76. The first-order valence-electron chi connectivity index (χ1n) is 15.4. The monoisotopic (exact) mass is 638 g/mol. The Bertz CT molecular complexity index is 1610. The van der Waals surface area contributed by atoms with E-state index < -0.39 is 38.9 Å². The lowest BCUT2D eigenvalue weighted by atomic mass is 9.82. The van der Waals surface area contributed by atoms with Gasteiger partial charge in [0.2, 0.25) is 10.0 Å². The van der Waals surface area contributed by atoms with Gasteiger partial charge in [0.25, 0.3) is 17.6 Å². The number of Topliss-reactive ketones (excluding diaryl/α,β-unsaturated/α-hetero) is 1. The number of carbonyl (C=O) groups excluding carboxylic acids is 3. The van der Waals surface area contributed by atoms with E-state index in [9.17, 15) is 27.9 Å². The number of ether oxygens (including phenoxy) is 2. The Kier molecular flexibility index (Phi) is 8.81. The number of aliphatic hydroxyl groups excluding tert-OH is 1. The number of likely N-dealkylation sites (tertiary alicyclic amines) is 1. The first kappa shape index (κ1) is 31.4. The molecule has 0 aromatic heterocycles. The van der Waals surface area contributed by atoms with Crippen LogP contribution in [0.5, 0.6) is 0 Å². The maximum Gasteiger partial charge on any atom is 0.296 e. The highest BCUT2D eigenvalue weighted by Crippen LogP contribution is 2.53. The van der Waals surface area contributed by atoms with Crippen molar-refractivity contribution in [3.63, 3.8) is 0 Å². The summed E-state index contributed by atoms with van der Waals surface area (Å²) in [5.74, 6) is -2.80. The Balaban J connectivity index is 1.43. The first-order valence-corrected chi connectivity index (χ1v) is 16.9. The summed E-state index contributed by atoms with van der Waals surface area (Å²) < 4.78 is 38.4. The van der Waals surface area contributed by atoms with Crippen LogP contribution in [0.25, 0.3) is 5.76 Å². The predicted molar refractivity (Wildman–Crippen MR) is 165 cm³/mol. The molecule has 2 amide bonds. The molecular formula is C32H38N4O8S. The van der Waals surface area contributed by atoms with Gasteiger partial charge in [0.15, 0.2) is 5.54 Å². The quantitative estimate of drug-likeness (QED) is 0.248. The molecule has 1 spiro atoms. The van der Waals surface area contributed by atoms with Gasteiger partial charge in [-0.3, -0.25) is 19.3 Å². The van der Waals surface area contributed by atoms with E-state index in [1.807, 2.05) is 6.92 Å². The minimum Gasteiger partial charge on any atom is -0.507 e. The van der Waals surface area contributed by atoms with Gasteiger partial charge in [-0.05, 0) is 43.2 Å². The largest absolute Gasteiger partial charge is 0.507 e. The number of carbonyl (C=O) groups is 3. The number of hydrogen-bond acceptors (Lipinski definition) is 9. The smallest absolute Gasteiger partial charge is 0.296 e. The van der Waals surface area contributed by atoms with E-state index in [1.165, 1.54) is 33.5 Å². The summed E-state index contributed by atoms with van der Waals surface area (Å²) in [6, 6.07) is 12.6. The SMILES string of the molecule is CCCN1C(=O)C2(/C(=C(/O)c3ccc(S(=O)(=O)N4CCOCC4)cc3)C(=O)C(=O)N2CCCN2CCOCC2)c2ccccc21. The van der Waals surface area contributed by atoms with Crippen molar-refractivity contribution >= 4 is 39.1 Å². The van der Waals surface area contributed by atoms with Crippen molar-refractivity contribution in [3.05, 3.63) is 65.2 Å². The average molecular weight is 639 g/mol. The van der Waals surface area contributed by atoms with Crippen LogP contribution in [0.1, 0.15) is 30.9 Å². The Morgan fingerprint density at radius 2 is 1.51 bits per heavy atom. The summed E-state index contributed by atoms with van der Waals surface area (Å²) in [5, 5.41) is 11.8. The third kappa shape index (κ3) is 5.26. The van der Waals surface area contributed by atoms with Crippen molar-refractivity contribution in [2.75, 3.05) is 77.1 Å². The number of nitrogens with zero attached hydrogens (tertiary/aromatic N) is 4. The zero-order chi connectivity index (χ0) is 31.8. The van der Waals surface area contributed by atoms with E-state index in [0.29, 0.717) is 63.6 Å². The van der Waals surface area contributed by atoms with Crippen LogP contribution in [-0.2, 0) is 39.4 Å². The second-order valence-electron chi connectivity index (χ2n) is 11.5. The zero-order valence-corrected chi connectivity index (χ0v) is 26.1. The van der Waals surface area contributed by atoms with Crippen LogP contribution in [0.15, 0.2) is 59.0 Å². The normalized spacial score (nSPS) is 24.2. The highest BCUT2D eigenvalue weighted by atomic mass is 32.2. The van der Waals surface area contributed by atoms with Gasteiger partial charge in [0.1, 0.15) is 5.76 Å². The Morgan fingerprint density at radius 1 is 0.867 bits per heavy atom. The molecule has 12 nitrogen and oxygen atoms in total. The summed E-state index contributed by atoms with van der Waals surface area (Å²) in [6.07, 6.45) is 1.14. The van der Waals surface area contributed by atoms with Crippen molar-refractivity contribution in [1.82, 2.24) is 14.1 Å². The van der Waals surface area contributed by atoms with Crippen molar-refractivity contribution in [3.8, 4) is 0 Å². The lowest BCUT2D eigenvalue weighted by molar-refractivity contribution is -0.143. The summed E-state index contributed by atoms with van der Waals surface area (Å²) in [6.45, 7) is 6.89. The van der Waals surface area contributed by atoms with Crippen LogP contribution in [0.2, 0.25) is 0 Å². The van der Waals surface area contributed by atoms with Gasteiger partial charge in [-0.2, -0.15) is 4.31 Å². The number of amides is 2. The van der Waals surface area contributed by atoms with Gasteiger partial charge in [-0.25, -0.2) is 8.42 Å². The molecule has 4 heterocycles. The van der Waals surface area contributed by atoms with Crippen molar-refractivity contribution in [2.24, 2.45) is 0 Å². The summed E-state index contributed by atoms with van der Waals surface area (Å²) in [4.78, 5) is 47.4. The molecule has 0 radical (unpaired) electrons. The van der Waals surface area contributed by atoms with E-state index in [4.69, 9.17) is 9.47 Å². The fraction of sp³-hybridized carbons (Fsp3) is 0.469. The van der Waals surface area contributed by atoms with Crippen molar-refractivity contribution in [2.45, 2.75) is 30.2 Å². The number of ketones is 1. The van der Waals surface area contributed by atoms with Gasteiger partial charge < -0.3 is 24.4 Å². The number of anilines is 1. The third-order valence-corrected chi connectivity index (χ3v) is 10.9. The molecule has 0 aliphatic carbocycles. The van der Waals surface area contributed by atoms with Crippen LogP contribution in [0.4, 0.5) is 5.69 Å². The number of benzene rings is 2. The Labute approximate surface area is 262 Å². The molecule has 0 bridgehead atoms. The number of aliphatic hydroxyl groups is 1. The van der Waals surface area contributed by atoms with Crippen LogP contribution in [-0.4, -0.2) is 117 Å². The molecular weight excluding hydrogens is 600 g/mol. The van der Waals surface area contributed by atoms with Gasteiger partial charge in [-0.15, -0.1) is 0 Å². The molecule has 6 rings (SSSR count). The Hall–Kier alpha value is -3.62. The highest BCUT2D eigenvalue weighted by Gasteiger charge is 2.66. The lowest BCUT2D eigenvalue weighted by Crippen LogP contribution is -2.52. The summed E-state index contributed by atoms with van der Waals surface area (Å²) in [5.41, 5.74) is -0.989. The van der Waals surface area contributed by atoms with Crippen LogP contribution in [0.3, 0.4) is 0 Å². The highest BCUT2D eigenvalue weighted by molar-refractivity contribution is 7.89. The maximum absolute atomic E-state index is 14.6. The minimum atomic E-state index is -3.80. The van der Waals surface area contributed by atoms with Gasteiger partial charge in [0.05, 0.1) is 42.6 Å². The van der Waals surface area contributed by atoms with Gasteiger partial charge in [0, 0.05) is 56.9 Å². The summed E-state index contributed by atoms with van der Waals surface area (Å²) >= 11 is 0. The molecule has 1 atom stereocenters.